The van der Waals surface area contributed by atoms with Crippen LogP contribution in [0, 0.1) is 5.92 Å². The van der Waals surface area contributed by atoms with Crippen molar-refractivity contribution in [3.05, 3.63) is 41.5 Å². The van der Waals surface area contributed by atoms with E-state index in [4.69, 9.17) is 0 Å². The molecule has 0 spiro atoms. The topological polar surface area (TPSA) is 17.1 Å². The van der Waals surface area contributed by atoms with Crippen molar-refractivity contribution in [2.24, 2.45) is 5.92 Å². The van der Waals surface area contributed by atoms with Crippen LogP contribution in [-0.2, 0) is 4.79 Å². The largest absolute Gasteiger partial charge is 0.303 e. The Hall–Kier alpha value is -1.37. The van der Waals surface area contributed by atoms with Crippen LogP contribution in [-0.4, -0.2) is 6.29 Å². The van der Waals surface area contributed by atoms with E-state index in [1.165, 1.54) is 11.1 Å². The van der Waals surface area contributed by atoms with Crippen LogP contribution >= 0.6 is 0 Å². The first-order valence-corrected chi connectivity index (χ1v) is 5.43. The number of benzene rings is 1. The summed E-state index contributed by atoms with van der Waals surface area (Å²) < 4.78 is 0. The molecule has 1 rings (SSSR count). The Morgan fingerprint density at radius 2 is 2.00 bits per heavy atom. The minimum absolute atomic E-state index is 0.171. The van der Waals surface area contributed by atoms with Gasteiger partial charge in [0.2, 0.25) is 0 Å². The monoisotopic (exact) mass is 202 g/mol. The average molecular weight is 202 g/mol. The molecule has 0 saturated heterocycles. The van der Waals surface area contributed by atoms with E-state index >= 15 is 0 Å². The van der Waals surface area contributed by atoms with Crippen LogP contribution in [0.2, 0.25) is 0 Å². The molecule has 1 unspecified atom stereocenters. The standard InChI is InChI=1S/C14H18O/c1-3-13(11-15)9-12(2)10-14-7-5-4-6-8-14/h4-8,10-11,13H,3,9H2,1-2H3. The fourth-order valence-corrected chi connectivity index (χ4v) is 1.59. The highest BCUT2D eigenvalue weighted by atomic mass is 16.1. The molecule has 0 aliphatic carbocycles. The van der Waals surface area contributed by atoms with Gasteiger partial charge in [-0.15, -0.1) is 0 Å². The molecule has 0 bridgehead atoms. The number of aldehydes is 1. The van der Waals surface area contributed by atoms with E-state index in [2.05, 4.69) is 32.1 Å². The van der Waals surface area contributed by atoms with E-state index in [-0.39, 0.29) is 5.92 Å². The molecule has 1 nitrogen and oxygen atoms in total. The summed E-state index contributed by atoms with van der Waals surface area (Å²) in [5, 5.41) is 0. The highest BCUT2D eigenvalue weighted by molar-refractivity contribution is 5.57. The first-order valence-electron chi connectivity index (χ1n) is 5.43. The van der Waals surface area contributed by atoms with Gasteiger partial charge in [0.15, 0.2) is 0 Å². The molecule has 0 aliphatic rings. The second kappa shape index (κ2) is 6.18. The summed E-state index contributed by atoms with van der Waals surface area (Å²) in [6.45, 7) is 4.13. The van der Waals surface area contributed by atoms with Gasteiger partial charge in [0.25, 0.3) is 0 Å². The van der Waals surface area contributed by atoms with Gasteiger partial charge < -0.3 is 4.79 Å². The van der Waals surface area contributed by atoms with E-state index < -0.39 is 0 Å². The van der Waals surface area contributed by atoms with Gasteiger partial charge in [0.05, 0.1) is 0 Å². The van der Waals surface area contributed by atoms with E-state index in [0.29, 0.717) is 0 Å². The summed E-state index contributed by atoms with van der Waals surface area (Å²) in [6.07, 6.45) is 4.99. The van der Waals surface area contributed by atoms with Crippen molar-refractivity contribution >= 4 is 12.4 Å². The zero-order valence-corrected chi connectivity index (χ0v) is 9.44. The SMILES string of the molecule is CCC(C=O)CC(C)=Cc1ccccc1. The summed E-state index contributed by atoms with van der Waals surface area (Å²) >= 11 is 0. The Bertz CT molecular complexity index is 324. The van der Waals surface area contributed by atoms with E-state index in [1.54, 1.807) is 0 Å². The predicted octanol–water partition coefficient (Wildman–Crippen LogP) is 3.71. The number of allylic oxidation sites excluding steroid dienone is 1. The van der Waals surface area contributed by atoms with Crippen LogP contribution in [0.5, 0.6) is 0 Å². The lowest BCUT2D eigenvalue weighted by atomic mass is 9.98. The second-order valence-corrected chi connectivity index (χ2v) is 3.91. The molecule has 1 aromatic carbocycles. The minimum atomic E-state index is 0.171. The summed E-state index contributed by atoms with van der Waals surface area (Å²) in [5.41, 5.74) is 2.47. The van der Waals surface area contributed by atoms with Gasteiger partial charge in [-0.3, -0.25) is 0 Å². The van der Waals surface area contributed by atoms with Crippen LogP contribution in [0.25, 0.3) is 6.08 Å². The maximum Gasteiger partial charge on any atom is 0.123 e. The fraction of sp³-hybridized carbons (Fsp3) is 0.357. The van der Waals surface area contributed by atoms with Crippen molar-refractivity contribution in [2.75, 3.05) is 0 Å². The van der Waals surface area contributed by atoms with Crippen LogP contribution in [0.3, 0.4) is 0 Å². The maximum atomic E-state index is 10.7. The lowest BCUT2D eigenvalue weighted by molar-refractivity contribution is -0.111. The Kier molecular flexibility index (Phi) is 4.82. The summed E-state index contributed by atoms with van der Waals surface area (Å²) in [6, 6.07) is 10.2. The second-order valence-electron chi connectivity index (χ2n) is 3.91. The third-order valence-corrected chi connectivity index (χ3v) is 2.51. The van der Waals surface area contributed by atoms with Gasteiger partial charge in [-0.1, -0.05) is 48.9 Å². The first kappa shape index (κ1) is 11.7. The third kappa shape index (κ3) is 4.11. The minimum Gasteiger partial charge on any atom is -0.303 e. The first-order chi connectivity index (χ1) is 7.26. The summed E-state index contributed by atoms with van der Waals surface area (Å²) in [7, 11) is 0. The average Bonchev–Trinajstić information content (AvgIpc) is 2.27. The molecule has 0 aliphatic heterocycles. The van der Waals surface area contributed by atoms with E-state index in [0.717, 1.165) is 19.1 Å². The van der Waals surface area contributed by atoms with Crippen molar-refractivity contribution in [3.8, 4) is 0 Å². The van der Waals surface area contributed by atoms with E-state index in [9.17, 15) is 4.79 Å². The Balaban J connectivity index is 2.64. The third-order valence-electron chi connectivity index (χ3n) is 2.51. The molecule has 0 aromatic heterocycles. The number of carbonyl (C=O) groups excluding carboxylic acids is 1. The van der Waals surface area contributed by atoms with Crippen LogP contribution in [0.15, 0.2) is 35.9 Å². The molecule has 80 valence electrons. The van der Waals surface area contributed by atoms with Crippen LogP contribution < -0.4 is 0 Å². The van der Waals surface area contributed by atoms with Gasteiger partial charge in [0, 0.05) is 5.92 Å². The van der Waals surface area contributed by atoms with Gasteiger partial charge in [0.1, 0.15) is 6.29 Å². The maximum absolute atomic E-state index is 10.7. The van der Waals surface area contributed by atoms with E-state index in [1.807, 2.05) is 18.2 Å². The molecule has 1 heteroatoms. The van der Waals surface area contributed by atoms with Gasteiger partial charge in [-0.25, -0.2) is 0 Å². The van der Waals surface area contributed by atoms with Gasteiger partial charge in [-0.05, 0) is 25.3 Å². The van der Waals surface area contributed by atoms with Crippen molar-refractivity contribution in [1.29, 1.82) is 0 Å². The molecule has 0 saturated carbocycles. The molecule has 1 atom stereocenters. The normalized spacial score (nSPS) is 13.6. The van der Waals surface area contributed by atoms with Crippen molar-refractivity contribution < 1.29 is 4.79 Å². The molecule has 0 fully saturated rings. The molecular formula is C14H18O. The van der Waals surface area contributed by atoms with Gasteiger partial charge >= 0.3 is 0 Å². The van der Waals surface area contributed by atoms with Crippen molar-refractivity contribution in [2.45, 2.75) is 26.7 Å². The Morgan fingerprint density at radius 1 is 1.33 bits per heavy atom. The zero-order chi connectivity index (χ0) is 11.1. The van der Waals surface area contributed by atoms with Crippen molar-refractivity contribution in [1.82, 2.24) is 0 Å². The van der Waals surface area contributed by atoms with Crippen molar-refractivity contribution in [3.63, 3.8) is 0 Å². The van der Waals surface area contributed by atoms with Gasteiger partial charge in [-0.2, -0.15) is 0 Å². The smallest absolute Gasteiger partial charge is 0.123 e. The Morgan fingerprint density at radius 3 is 2.53 bits per heavy atom. The molecule has 1 aromatic rings. The lowest BCUT2D eigenvalue weighted by Gasteiger charge is -2.07. The number of carbonyl (C=O) groups is 1. The fourth-order valence-electron chi connectivity index (χ4n) is 1.59. The highest BCUT2D eigenvalue weighted by Gasteiger charge is 2.04. The van der Waals surface area contributed by atoms with Crippen LogP contribution in [0.1, 0.15) is 32.3 Å². The summed E-state index contributed by atoms with van der Waals surface area (Å²) in [5.74, 6) is 0.171. The molecule has 0 amide bonds. The Labute approximate surface area is 91.8 Å². The quantitative estimate of drug-likeness (QED) is 0.665. The number of rotatable bonds is 5. The van der Waals surface area contributed by atoms with Crippen LogP contribution in [0.4, 0.5) is 0 Å². The highest BCUT2D eigenvalue weighted by Crippen LogP contribution is 2.15. The summed E-state index contributed by atoms with van der Waals surface area (Å²) in [4.78, 5) is 10.7. The molecule has 0 N–H and O–H groups in total. The predicted molar refractivity (Wildman–Crippen MR) is 64.6 cm³/mol. The molecule has 0 radical (unpaired) electrons. The molecule has 15 heavy (non-hydrogen) atoms. The molecule has 0 heterocycles. The zero-order valence-electron chi connectivity index (χ0n) is 9.44. The molecular weight excluding hydrogens is 184 g/mol. The number of hydrogen-bond acceptors (Lipinski definition) is 1. The lowest BCUT2D eigenvalue weighted by Crippen LogP contribution is -2.00. The number of hydrogen-bond donors (Lipinski definition) is 0.